The summed E-state index contributed by atoms with van der Waals surface area (Å²) in [6, 6.07) is 12.9. The zero-order valence-corrected chi connectivity index (χ0v) is 14.2. The smallest absolute Gasteiger partial charge is 0.311 e. The van der Waals surface area contributed by atoms with Gasteiger partial charge in [0.1, 0.15) is 19.0 Å². The van der Waals surface area contributed by atoms with E-state index in [1.807, 2.05) is 31.2 Å². The van der Waals surface area contributed by atoms with Crippen molar-refractivity contribution in [1.29, 1.82) is 0 Å². The van der Waals surface area contributed by atoms with Gasteiger partial charge in [0.25, 0.3) is 0 Å². The van der Waals surface area contributed by atoms with Crippen molar-refractivity contribution in [3.05, 3.63) is 53.6 Å². The molecule has 132 valence electrons. The molecule has 1 aliphatic rings. The molecule has 3 rings (SSSR count). The highest BCUT2D eigenvalue weighted by Gasteiger charge is 2.24. The van der Waals surface area contributed by atoms with Gasteiger partial charge in [0.2, 0.25) is 0 Å². The standard InChI is InChI=1S/C20H22O5/c1-2-9-23-17-6-4-3-5-15(17)12-16(20(21)22)14-7-8-18-19(13-14)25-11-10-24-18/h3-8,13,16H,2,9-12H2,1H3,(H,21,22). The summed E-state index contributed by atoms with van der Waals surface area (Å²) in [6.45, 7) is 3.63. The van der Waals surface area contributed by atoms with Crippen LogP contribution in [0.5, 0.6) is 17.2 Å². The van der Waals surface area contributed by atoms with Gasteiger partial charge in [-0.15, -0.1) is 0 Å². The molecule has 1 aliphatic heterocycles. The molecular weight excluding hydrogens is 320 g/mol. The van der Waals surface area contributed by atoms with E-state index in [1.165, 1.54) is 0 Å². The van der Waals surface area contributed by atoms with Crippen molar-refractivity contribution >= 4 is 5.97 Å². The fraction of sp³-hybridized carbons (Fsp3) is 0.350. The van der Waals surface area contributed by atoms with E-state index in [2.05, 4.69) is 0 Å². The summed E-state index contributed by atoms with van der Waals surface area (Å²) < 4.78 is 16.8. The first-order chi connectivity index (χ1) is 12.2. The van der Waals surface area contributed by atoms with Gasteiger partial charge in [-0.2, -0.15) is 0 Å². The summed E-state index contributed by atoms with van der Waals surface area (Å²) in [5.41, 5.74) is 1.58. The average Bonchev–Trinajstić information content (AvgIpc) is 2.64. The molecule has 1 heterocycles. The molecule has 2 aromatic rings. The number of aliphatic carboxylic acids is 1. The lowest BCUT2D eigenvalue weighted by Gasteiger charge is -2.21. The van der Waals surface area contributed by atoms with Gasteiger partial charge >= 0.3 is 5.97 Å². The van der Waals surface area contributed by atoms with Crippen molar-refractivity contribution in [2.24, 2.45) is 0 Å². The van der Waals surface area contributed by atoms with Crippen LogP contribution in [0, 0.1) is 0 Å². The fourth-order valence-electron chi connectivity index (χ4n) is 2.87. The monoisotopic (exact) mass is 342 g/mol. The van der Waals surface area contributed by atoms with E-state index in [1.54, 1.807) is 18.2 Å². The topological polar surface area (TPSA) is 65.0 Å². The molecule has 0 fully saturated rings. The number of carboxylic acids is 1. The summed E-state index contributed by atoms with van der Waals surface area (Å²) in [7, 11) is 0. The van der Waals surface area contributed by atoms with Crippen LogP contribution in [-0.4, -0.2) is 30.9 Å². The molecule has 0 aromatic heterocycles. The summed E-state index contributed by atoms with van der Waals surface area (Å²) in [5, 5.41) is 9.75. The van der Waals surface area contributed by atoms with Gasteiger partial charge in [-0.1, -0.05) is 31.2 Å². The van der Waals surface area contributed by atoms with Crippen LogP contribution in [0.3, 0.4) is 0 Å². The van der Waals surface area contributed by atoms with Crippen LogP contribution in [0.1, 0.15) is 30.4 Å². The number of para-hydroxylation sites is 1. The third-order valence-electron chi connectivity index (χ3n) is 4.13. The van der Waals surface area contributed by atoms with Crippen LogP contribution >= 0.6 is 0 Å². The molecular formula is C20H22O5. The lowest BCUT2D eigenvalue weighted by molar-refractivity contribution is -0.138. The zero-order valence-electron chi connectivity index (χ0n) is 14.2. The second-order valence-corrected chi connectivity index (χ2v) is 5.95. The molecule has 1 atom stereocenters. The Bertz CT molecular complexity index is 741. The second kappa shape index (κ2) is 7.92. The number of carboxylic acid groups (broad SMARTS) is 1. The van der Waals surface area contributed by atoms with Gasteiger partial charge in [0.15, 0.2) is 11.5 Å². The van der Waals surface area contributed by atoms with E-state index < -0.39 is 11.9 Å². The van der Waals surface area contributed by atoms with Crippen molar-refractivity contribution in [3.8, 4) is 17.2 Å². The van der Waals surface area contributed by atoms with Crippen molar-refractivity contribution in [2.75, 3.05) is 19.8 Å². The third kappa shape index (κ3) is 4.05. The van der Waals surface area contributed by atoms with Crippen LogP contribution in [0.15, 0.2) is 42.5 Å². The van der Waals surface area contributed by atoms with E-state index in [4.69, 9.17) is 14.2 Å². The number of hydrogen-bond donors (Lipinski definition) is 1. The van der Waals surface area contributed by atoms with Crippen LogP contribution < -0.4 is 14.2 Å². The van der Waals surface area contributed by atoms with Gasteiger partial charge in [-0.25, -0.2) is 0 Å². The Hall–Kier alpha value is -2.69. The van der Waals surface area contributed by atoms with E-state index in [0.29, 0.717) is 43.3 Å². The highest BCUT2D eigenvalue weighted by molar-refractivity contribution is 5.77. The van der Waals surface area contributed by atoms with Gasteiger partial charge in [-0.3, -0.25) is 4.79 Å². The quantitative estimate of drug-likeness (QED) is 0.832. The summed E-state index contributed by atoms with van der Waals surface area (Å²) in [6.07, 6.45) is 1.26. The number of ether oxygens (including phenoxy) is 3. The molecule has 2 aromatic carbocycles. The highest BCUT2D eigenvalue weighted by Crippen LogP contribution is 2.35. The largest absolute Gasteiger partial charge is 0.493 e. The molecule has 0 saturated carbocycles. The second-order valence-electron chi connectivity index (χ2n) is 5.95. The summed E-state index contributed by atoms with van der Waals surface area (Å²) >= 11 is 0. The number of rotatable bonds is 7. The maximum absolute atomic E-state index is 11.9. The van der Waals surface area contributed by atoms with Gasteiger partial charge < -0.3 is 19.3 Å². The summed E-state index contributed by atoms with van der Waals surface area (Å²) in [4.78, 5) is 11.9. The Morgan fingerprint density at radius 2 is 1.92 bits per heavy atom. The van der Waals surface area contributed by atoms with E-state index in [0.717, 1.165) is 17.7 Å². The van der Waals surface area contributed by atoms with Gasteiger partial charge in [0, 0.05) is 0 Å². The van der Waals surface area contributed by atoms with Crippen molar-refractivity contribution in [3.63, 3.8) is 0 Å². The normalized spacial score (nSPS) is 14.0. The Morgan fingerprint density at radius 3 is 2.68 bits per heavy atom. The number of carbonyl (C=O) groups is 1. The van der Waals surface area contributed by atoms with E-state index in [9.17, 15) is 9.90 Å². The third-order valence-corrected chi connectivity index (χ3v) is 4.13. The summed E-state index contributed by atoms with van der Waals surface area (Å²) in [5.74, 6) is 0.452. The average molecular weight is 342 g/mol. The minimum absolute atomic E-state index is 0.356. The number of hydrogen-bond acceptors (Lipinski definition) is 4. The van der Waals surface area contributed by atoms with Crippen LogP contribution in [0.2, 0.25) is 0 Å². The van der Waals surface area contributed by atoms with Gasteiger partial charge in [0.05, 0.1) is 12.5 Å². The van der Waals surface area contributed by atoms with Crippen LogP contribution in [0.25, 0.3) is 0 Å². The minimum atomic E-state index is -0.873. The predicted molar refractivity (Wildman–Crippen MR) is 93.7 cm³/mol. The molecule has 1 N–H and O–H groups in total. The molecule has 0 saturated heterocycles. The van der Waals surface area contributed by atoms with Crippen molar-refractivity contribution in [1.82, 2.24) is 0 Å². The van der Waals surface area contributed by atoms with Crippen molar-refractivity contribution < 1.29 is 24.1 Å². The molecule has 25 heavy (non-hydrogen) atoms. The molecule has 0 aliphatic carbocycles. The molecule has 1 unspecified atom stereocenters. The maximum Gasteiger partial charge on any atom is 0.311 e. The molecule has 0 spiro atoms. The minimum Gasteiger partial charge on any atom is -0.493 e. The molecule has 5 nitrogen and oxygen atoms in total. The van der Waals surface area contributed by atoms with Crippen molar-refractivity contribution in [2.45, 2.75) is 25.7 Å². The van der Waals surface area contributed by atoms with E-state index in [-0.39, 0.29) is 0 Å². The first-order valence-electron chi connectivity index (χ1n) is 8.52. The number of benzene rings is 2. The van der Waals surface area contributed by atoms with E-state index >= 15 is 0 Å². The first kappa shape index (κ1) is 17.1. The molecule has 0 radical (unpaired) electrons. The molecule has 0 bridgehead atoms. The number of fused-ring (bicyclic) bond motifs is 1. The highest BCUT2D eigenvalue weighted by atomic mass is 16.6. The Morgan fingerprint density at radius 1 is 1.16 bits per heavy atom. The molecule has 5 heteroatoms. The molecule has 0 amide bonds. The lowest BCUT2D eigenvalue weighted by atomic mass is 9.91. The lowest BCUT2D eigenvalue weighted by Crippen LogP contribution is -2.18. The first-order valence-corrected chi connectivity index (χ1v) is 8.52. The van der Waals surface area contributed by atoms with Crippen LogP contribution in [0.4, 0.5) is 0 Å². The Balaban J connectivity index is 1.86. The van der Waals surface area contributed by atoms with Gasteiger partial charge in [-0.05, 0) is 42.2 Å². The maximum atomic E-state index is 11.9. The predicted octanol–water partition coefficient (Wildman–Crippen LogP) is 3.66. The zero-order chi connectivity index (χ0) is 17.6. The Kier molecular flexibility index (Phi) is 5.43. The Labute approximate surface area is 147 Å². The fourth-order valence-corrected chi connectivity index (χ4v) is 2.87. The van der Waals surface area contributed by atoms with Crippen LogP contribution in [-0.2, 0) is 11.2 Å². The SMILES string of the molecule is CCCOc1ccccc1CC(C(=O)O)c1ccc2c(c1)OCCO2.